The average Bonchev–Trinajstić information content (AvgIpc) is 3.63. The summed E-state index contributed by atoms with van der Waals surface area (Å²) in [6.45, 7) is 4.32. The van der Waals surface area contributed by atoms with Crippen LogP contribution in [0.3, 0.4) is 0 Å². The van der Waals surface area contributed by atoms with E-state index < -0.39 is 6.04 Å². The maximum absolute atomic E-state index is 12.2. The molecule has 3 aromatic rings. The molecule has 0 saturated heterocycles. The maximum atomic E-state index is 12.2. The van der Waals surface area contributed by atoms with Crippen molar-refractivity contribution in [3.05, 3.63) is 96.6 Å². The molecule has 0 spiro atoms. The van der Waals surface area contributed by atoms with Crippen molar-refractivity contribution >= 4 is 22.5 Å². The number of anilines is 1. The number of methoxy groups -OCH3 is 1. The molecule has 8 heteroatoms. The monoisotopic (exact) mass is 542 g/mol. The van der Waals surface area contributed by atoms with Gasteiger partial charge in [0.15, 0.2) is 0 Å². The van der Waals surface area contributed by atoms with E-state index in [2.05, 4.69) is 27.9 Å². The maximum Gasteiger partial charge on any atom is 2.00 e. The smallest absolute Gasteiger partial charge is 0.860 e. The van der Waals surface area contributed by atoms with Gasteiger partial charge in [-0.3, -0.25) is 9.78 Å². The Hall–Kier alpha value is -3.61. The molecule has 196 valence electrons. The van der Waals surface area contributed by atoms with Crippen molar-refractivity contribution in [3.63, 3.8) is 0 Å². The minimum Gasteiger partial charge on any atom is -0.860 e. The summed E-state index contributed by atoms with van der Waals surface area (Å²) in [5.41, 5.74) is 2.38. The Kier molecular flexibility index (Phi) is 12.4. The molecule has 0 saturated carbocycles. The van der Waals surface area contributed by atoms with Crippen LogP contribution in [-0.2, 0) is 21.9 Å². The number of amides is 1. The molecule has 1 aliphatic rings. The summed E-state index contributed by atoms with van der Waals surface area (Å²) in [6, 6.07) is 17.4. The van der Waals surface area contributed by atoms with E-state index in [1.54, 1.807) is 44.5 Å². The van der Waals surface area contributed by atoms with E-state index in [4.69, 9.17) is 4.74 Å². The van der Waals surface area contributed by atoms with Crippen molar-refractivity contribution in [1.29, 1.82) is 0 Å². The van der Waals surface area contributed by atoms with Crippen LogP contribution in [0.15, 0.2) is 96.6 Å². The van der Waals surface area contributed by atoms with Gasteiger partial charge in [-0.1, -0.05) is 30.4 Å². The normalized spacial score (nSPS) is 13.1. The number of nitrogens with one attached hydrogen (secondary N) is 3. The zero-order valence-corrected chi connectivity index (χ0v) is 22.5. The summed E-state index contributed by atoms with van der Waals surface area (Å²) in [6.07, 6.45) is 10.5. The third-order valence-corrected chi connectivity index (χ3v) is 5.65. The van der Waals surface area contributed by atoms with Gasteiger partial charge in [0, 0.05) is 30.2 Å². The molecule has 1 aromatic heterocycles. The first-order valence-electron chi connectivity index (χ1n) is 12.1. The first-order chi connectivity index (χ1) is 17.5. The van der Waals surface area contributed by atoms with Gasteiger partial charge in [-0.2, -0.15) is 18.2 Å². The summed E-state index contributed by atoms with van der Waals surface area (Å²) in [7, 11) is 1.65. The van der Waals surface area contributed by atoms with Crippen molar-refractivity contribution in [3.8, 4) is 5.75 Å². The van der Waals surface area contributed by atoms with Gasteiger partial charge < -0.3 is 25.8 Å². The van der Waals surface area contributed by atoms with Crippen molar-refractivity contribution in [2.24, 2.45) is 0 Å². The number of fused-ring (bicyclic) bond motifs is 1. The Morgan fingerprint density at radius 2 is 1.86 bits per heavy atom. The van der Waals surface area contributed by atoms with Crippen LogP contribution in [0, 0.1) is 0 Å². The fourth-order valence-electron chi connectivity index (χ4n) is 3.69. The van der Waals surface area contributed by atoms with E-state index in [1.807, 2.05) is 54.6 Å². The van der Waals surface area contributed by atoms with Gasteiger partial charge in [0.25, 0.3) is 0 Å². The SMILES string of the molecule is COc1cc(NC(C)CCCNC(=O)[C@@H](C)NC([O-])=C2C=CC=C2)c2ncccc2c1.[Fe+2].c1cc[cH-]c1. The quantitative estimate of drug-likeness (QED) is 0.155. The molecule has 3 N–H and O–H groups in total. The number of benzene rings is 1. The number of nitrogens with zero attached hydrogens (tertiary/aromatic N) is 1. The average molecular weight is 542 g/mol. The zero-order valence-electron chi connectivity index (χ0n) is 21.4. The van der Waals surface area contributed by atoms with Crippen LogP contribution in [0.2, 0.25) is 0 Å². The zero-order chi connectivity index (χ0) is 25.8. The molecule has 4 rings (SSSR count). The van der Waals surface area contributed by atoms with Crippen LogP contribution in [0.25, 0.3) is 10.9 Å². The molecule has 2 aromatic carbocycles. The molecule has 0 fully saturated rings. The Labute approximate surface area is 229 Å². The van der Waals surface area contributed by atoms with Crippen molar-refractivity contribution < 1.29 is 31.7 Å². The van der Waals surface area contributed by atoms with Crippen molar-refractivity contribution in [2.75, 3.05) is 19.0 Å². The second kappa shape index (κ2) is 15.5. The van der Waals surface area contributed by atoms with Crippen LogP contribution in [0.5, 0.6) is 5.75 Å². The largest absolute Gasteiger partial charge is 2.00 e. The molecule has 7 nitrogen and oxygen atoms in total. The van der Waals surface area contributed by atoms with Gasteiger partial charge >= 0.3 is 17.1 Å². The van der Waals surface area contributed by atoms with Crippen LogP contribution >= 0.6 is 0 Å². The summed E-state index contributed by atoms with van der Waals surface area (Å²) < 4.78 is 5.40. The molecule has 0 bridgehead atoms. The fourth-order valence-corrected chi connectivity index (χ4v) is 3.69. The van der Waals surface area contributed by atoms with Gasteiger partial charge in [-0.05, 0) is 50.3 Å². The number of pyridine rings is 1. The Balaban J connectivity index is 0.000000716. The van der Waals surface area contributed by atoms with Crippen molar-refractivity contribution in [2.45, 2.75) is 38.8 Å². The molecule has 1 unspecified atom stereocenters. The first kappa shape index (κ1) is 29.6. The van der Waals surface area contributed by atoms with Gasteiger partial charge in [-0.25, -0.2) is 12.1 Å². The van der Waals surface area contributed by atoms with Gasteiger partial charge in [0.1, 0.15) is 11.8 Å². The topological polar surface area (TPSA) is 98.3 Å². The standard InChI is InChI=1S/C24H30N4O3.C5H5.Fe/c1-16(27-21-15-20(31-3)14-19-11-7-12-25-22(19)21)8-6-13-26-23(29)17(2)28-24(30)18-9-4-5-10-18;1-2-4-5-3-1;/h4-5,7,9-12,14-17,27-28,30H,6,8,13H2,1-3H3,(H,26,29);1-5H;/q;-1;+2/p-1/t16?,17-;;/m1../s1. The summed E-state index contributed by atoms with van der Waals surface area (Å²) in [5, 5.41) is 22.2. The summed E-state index contributed by atoms with van der Waals surface area (Å²) >= 11 is 0. The Morgan fingerprint density at radius 3 is 2.51 bits per heavy atom. The molecule has 1 amide bonds. The van der Waals surface area contributed by atoms with Crippen LogP contribution in [0.4, 0.5) is 5.69 Å². The van der Waals surface area contributed by atoms with Crippen molar-refractivity contribution in [1.82, 2.24) is 15.6 Å². The van der Waals surface area contributed by atoms with Gasteiger partial charge in [0.05, 0.1) is 18.3 Å². The Bertz CT molecular complexity index is 1170. The predicted molar refractivity (Wildman–Crippen MR) is 144 cm³/mol. The number of hydrogen-bond acceptors (Lipinski definition) is 6. The van der Waals surface area contributed by atoms with Crippen LogP contribution in [0.1, 0.15) is 26.7 Å². The van der Waals surface area contributed by atoms with Crippen LogP contribution in [-0.4, -0.2) is 36.6 Å². The minimum atomic E-state index is -0.591. The van der Waals surface area contributed by atoms with E-state index >= 15 is 0 Å². The second-order valence-electron chi connectivity index (χ2n) is 8.56. The van der Waals surface area contributed by atoms with E-state index in [1.165, 1.54) is 0 Å². The number of hydrogen-bond donors (Lipinski definition) is 3. The third kappa shape index (κ3) is 9.41. The molecular formula is C29H34FeN4O3. The van der Waals surface area contributed by atoms with Gasteiger partial charge in [0.2, 0.25) is 5.91 Å². The molecule has 1 heterocycles. The summed E-state index contributed by atoms with van der Waals surface area (Å²) in [4.78, 5) is 16.7. The number of aromatic nitrogens is 1. The molecule has 0 radical (unpaired) electrons. The molecule has 0 aliphatic heterocycles. The second-order valence-corrected chi connectivity index (χ2v) is 8.56. The molecule has 1 aliphatic carbocycles. The number of ether oxygens (including phenoxy) is 1. The van der Waals surface area contributed by atoms with E-state index in [0.29, 0.717) is 12.1 Å². The fraction of sp³-hybridized carbons (Fsp3) is 0.276. The minimum absolute atomic E-state index is 0. The molecule has 37 heavy (non-hydrogen) atoms. The van der Waals surface area contributed by atoms with E-state index in [9.17, 15) is 9.90 Å². The van der Waals surface area contributed by atoms with E-state index in [-0.39, 0.29) is 34.9 Å². The predicted octanol–water partition coefficient (Wildman–Crippen LogP) is 4.02. The van der Waals surface area contributed by atoms with E-state index in [0.717, 1.165) is 35.2 Å². The van der Waals surface area contributed by atoms with Crippen LogP contribution < -0.4 is 25.8 Å². The first-order valence-corrected chi connectivity index (χ1v) is 12.1. The summed E-state index contributed by atoms with van der Waals surface area (Å²) in [5.74, 6) is 0.341. The number of allylic oxidation sites excluding steroid dienone is 5. The molecule has 2 atom stereocenters. The third-order valence-electron chi connectivity index (χ3n) is 5.65. The van der Waals surface area contributed by atoms with Gasteiger partial charge in [-0.15, -0.1) is 0 Å². The number of rotatable bonds is 10. The molecular weight excluding hydrogens is 508 g/mol. The Morgan fingerprint density at radius 1 is 1.14 bits per heavy atom. The number of carbonyl (C=O) groups excluding carboxylic acids is 1. The number of carbonyl (C=O) groups is 1.